The highest BCUT2D eigenvalue weighted by atomic mass is 79.9. The minimum absolute atomic E-state index is 0.0297. The van der Waals surface area contributed by atoms with Crippen molar-refractivity contribution in [1.82, 2.24) is 0 Å². The lowest BCUT2D eigenvalue weighted by Gasteiger charge is -2.21. The summed E-state index contributed by atoms with van der Waals surface area (Å²) in [5, 5.41) is 0. The van der Waals surface area contributed by atoms with Crippen LogP contribution in [-0.2, 0) is 24.8 Å². The molecule has 5 nitrogen and oxygen atoms in total. The Morgan fingerprint density at radius 2 is 2.11 bits per heavy atom. The van der Waals surface area contributed by atoms with Crippen molar-refractivity contribution in [3.05, 3.63) is 28.2 Å². The van der Waals surface area contributed by atoms with Gasteiger partial charge in [0, 0.05) is 10.0 Å². The van der Waals surface area contributed by atoms with Gasteiger partial charge in [-0.2, -0.15) is 0 Å². The minimum Gasteiger partial charge on any atom is -0.336 e. The van der Waals surface area contributed by atoms with Gasteiger partial charge in [-0.25, -0.2) is 0 Å². The van der Waals surface area contributed by atoms with Crippen LogP contribution in [0.15, 0.2) is 22.7 Å². The molecule has 1 fully saturated rings. The number of hydrogen-bond acceptors (Lipinski definition) is 4. The van der Waals surface area contributed by atoms with Crippen LogP contribution < -0.4 is 4.90 Å². The second-order valence-corrected chi connectivity index (χ2v) is 5.48. The van der Waals surface area contributed by atoms with Gasteiger partial charge in [0.25, 0.3) is 11.7 Å². The zero-order chi connectivity index (χ0) is 13.6. The lowest BCUT2D eigenvalue weighted by atomic mass is 10.1. The fraction of sp³-hybridized carbons (Fsp3) is 0.385. The SMILES string of the molecule is CC(=O)CN1C(=O)C2(OCCO2)c2cc(Br)ccc21. The molecule has 2 aliphatic rings. The standard InChI is InChI=1S/C13H12BrNO4/c1-8(16)7-15-11-3-2-9(14)6-10(11)13(12(15)17)18-4-5-19-13/h2-3,6H,4-5,7H2,1H3. The molecular formula is C13H12BrNO4. The molecular weight excluding hydrogens is 314 g/mol. The van der Waals surface area contributed by atoms with Crippen LogP contribution in [0.2, 0.25) is 0 Å². The van der Waals surface area contributed by atoms with Crippen molar-refractivity contribution in [2.45, 2.75) is 12.7 Å². The van der Waals surface area contributed by atoms with E-state index >= 15 is 0 Å². The van der Waals surface area contributed by atoms with Crippen molar-refractivity contribution in [3.8, 4) is 0 Å². The number of hydrogen-bond donors (Lipinski definition) is 0. The van der Waals surface area contributed by atoms with E-state index in [2.05, 4.69) is 15.9 Å². The molecule has 19 heavy (non-hydrogen) atoms. The summed E-state index contributed by atoms with van der Waals surface area (Å²) in [6, 6.07) is 5.42. The molecule has 0 bridgehead atoms. The maximum atomic E-state index is 12.5. The van der Waals surface area contributed by atoms with E-state index in [1.807, 2.05) is 6.07 Å². The predicted octanol–water partition coefficient (Wildman–Crippen LogP) is 1.58. The number of fused-ring (bicyclic) bond motifs is 2. The van der Waals surface area contributed by atoms with E-state index in [4.69, 9.17) is 9.47 Å². The highest BCUT2D eigenvalue weighted by Crippen LogP contribution is 2.46. The van der Waals surface area contributed by atoms with Crippen LogP contribution in [0.1, 0.15) is 12.5 Å². The van der Waals surface area contributed by atoms with Crippen LogP contribution in [0.25, 0.3) is 0 Å². The third-order valence-electron chi connectivity index (χ3n) is 3.21. The fourth-order valence-corrected chi connectivity index (χ4v) is 2.84. The van der Waals surface area contributed by atoms with Gasteiger partial charge >= 0.3 is 0 Å². The fourth-order valence-electron chi connectivity index (χ4n) is 2.48. The first-order valence-corrected chi connectivity index (χ1v) is 6.73. The Labute approximate surface area is 118 Å². The first-order valence-electron chi connectivity index (χ1n) is 5.94. The van der Waals surface area contributed by atoms with Gasteiger partial charge in [0.15, 0.2) is 0 Å². The highest BCUT2D eigenvalue weighted by molar-refractivity contribution is 9.10. The largest absolute Gasteiger partial charge is 0.336 e. The van der Waals surface area contributed by atoms with E-state index in [0.29, 0.717) is 24.5 Å². The van der Waals surface area contributed by atoms with Crippen LogP contribution >= 0.6 is 15.9 Å². The molecule has 1 spiro atoms. The summed E-state index contributed by atoms with van der Waals surface area (Å²) in [5.41, 5.74) is 1.33. The second-order valence-electron chi connectivity index (χ2n) is 4.57. The van der Waals surface area contributed by atoms with Crippen molar-refractivity contribution in [1.29, 1.82) is 0 Å². The Bertz CT molecular complexity index is 566. The normalized spacial score (nSPS) is 20.1. The number of ketones is 1. The topological polar surface area (TPSA) is 55.8 Å². The second kappa shape index (κ2) is 4.40. The van der Waals surface area contributed by atoms with Crippen molar-refractivity contribution < 1.29 is 19.1 Å². The molecule has 2 aliphatic heterocycles. The molecule has 0 unspecified atom stereocenters. The number of nitrogens with zero attached hydrogens (tertiary/aromatic N) is 1. The molecule has 0 N–H and O–H groups in total. The number of rotatable bonds is 2. The zero-order valence-electron chi connectivity index (χ0n) is 10.3. The van der Waals surface area contributed by atoms with Gasteiger partial charge < -0.3 is 9.47 Å². The van der Waals surface area contributed by atoms with Crippen molar-refractivity contribution in [3.63, 3.8) is 0 Å². The molecule has 0 radical (unpaired) electrons. The monoisotopic (exact) mass is 325 g/mol. The molecule has 1 amide bonds. The first-order chi connectivity index (χ1) is 9.04. The van der Waals surface area contributed by atoms with E-state index < -0.39 is 5.79 Å². The summed E-state index contributed by atoms with van der Waals surface area (Å²) < 4.78 is 12.0. The zero-order valence-corrected chi connectivity index (χ0v) is 11.9. The van der Waals surface area contributed by atoms with E-state index in [0.717, 1.165) is 4.47 Å². The molecule has 0 atom stereocenters. The summed E-state index contributed by atoms with van der Waals surface area (Å²) in [5.74, 6) is -1.78. The molecule has 6 heteroatoms. The third-order valence-corrected chi connectivity index (χ3v) is 3.70. The Morgan fingerprint density at radius 1 is 1.42 bits per heavy atom. The molecule has 0 saturated carbocycles. The Morgan fingerprint density at radius 3 is 2.74 bits per heavy atom. The number of carbonyl (C=O) groups is 2. The lowest BCUT2D eigenvalue weighted by Crippen LogP contribution is -2.42. The van der Waals surface area contributed by atoms with Crippen LogP contribution in [0.3, 0.4) is 0 Å². The average molecular weight is 326 g/mol. The quantitative estimate of drug-likeness (QED) is 0.828. The van der Waals surface area contributed by atoms with E-state index in [1.54, 1.807) is 12.1 Å². The Kier molecular flexibility index (Phi) is 2.96. The van der Waals surface area contributed by atoms with Crippen LogP contribution in [0, 0.1) is 0 Å². The summed E-state index contributed by atoms with van der Waals surface area (Å²) >= 11 is 3.38. The number of amides is 1. The molecule has 1 aromatic carbocycles. The Hall–Kier alpha value is -1.24. The maximum absolute atomic E-state index is 12.5. The number of halogens is 1. The van der Waals surface area contributed by atoms with Gasteiger partial charge in [-0.15, -0.1) is 0 Å². The van der Waals surface area contributed by atoms with Crippen LogP contribution in [0.5, 0.6) is 0 Å². The van der Waals surface area contributed by atoms with Gasteiger partial charge in [0.1, 0.15) is 5.78 Å². The van der Waals surface area contributed by atoms with Gasteiger partial charge in [-0.3, -0.25) is 14.5 Å². The van der Waals surface area contributed by atoms with Crippen molar-refractivity contribution in [2.75, 3.05) is 24.7 Å². The van der Waals surface area contributed by atoms with Gasteiger partial charge in [0.05, 0.1) is 25.4 Å². The predicted molar refractivity (Wildman–Crippen MR) is 70.8 cm³/mol. The maximum Gasteiger partial charge on any atom is 0.292 e. The molecule has 100 valence electrons. The first kappa shape index (κ1) is 12.8. The van der Waals surface area contributed by atoms with Crippen LogP contribution in [0.4, 0.5) is 5.69 Å². The van der Waals surface area contributed by atoms with Crippen molar-refractivity contribution >= 4 is 33.3 Å². The van der Waals surface area contributed by atoms with Crippen molar-refractivity contribution in [2.24, 2.45) is 0 Å². The number of benzene rings is 1. The number of carbonyl (C=O) groups excluding carboxylic acids is 2. The van der Waals surface area contributed by atoms with Gasteiger partial charge in [-0.05, 0) is 25.1 Å². The molecule has 0 aliphatic carbocycles. The summed E-state index contributed by atoms with van der Waals surface area (Å²) in [4.78, 5) is 25.3. The molecule has 1 aromatic rings. The minimum atomic E-state index is -1.37. The molecule has 3 rings (SSSR count). The summed E-state index contributed by atoms with van der Waals surface area (Å²) in [6.07, 6.45) is 0. The lowest BCUT2D eigenvalue weighted by molar-refractivity contribution is -0.180. The number of ether oxygens (including phenoxy) is 2. The summed E-state index contributed by atoms with van der Waals surface area (Å²) in [6.45, 7) is 2.21. The van der Waals surface area contributed by atoms with Crippen LogP contribution in [-0.4, -0.2) is 31.4 Å². The number of anilines is 1. The third kappa shape index (κ3) is 1.82. The summed E-state index contributed by atoms with van der Waals surface area (Å²) in [7, 11) is 0. The van der Waals surface area contributed by atoms with Gasteiger partial charge in [-0.1, -0.05) is 15.9 Å². The smallest absolute Gasteiger partial charge is 0.292 e. The number of Topliss-reactive ketones (excluding diaryl/α,β-unsaturated/α-hetero) is 1. The van der Waals surface area contributed by atoms with E-state index in [9.17, 15) is 9.59 Å². The van der Waals surface area contributed by atoms with E-state index in [-0.39, 0.29) is 18.2 Å². The molecule has 2 heterocycles. The van der Waals surface area contributed by atoms with E-state index in [1.165, 1.54) is 11.8 Å². The molecule has 0 aromatic heterocycles. The molecule has 1 saturated heterocycles. The Balaban J connectivity index is 2.14. The van der Waals surface area contributed by atoms with Gasteiger partial charge in [0.2, 0.25) is 0 Å². The highest BCUT2D eigenvalue weighted by Gasteiger charge is 2.56. The average Bonchev–Trinajstić information content (AvgIpc) is 2.92.